The highest BCUT2D eigenvalue weighted by molar-refractivity contribution is 7.86. The molecule has 2 unspecified atom stereocenters. The normalized spacial score (nSPS) is 13.4. The number of hydrogen-bond donors (Lipinski definition) is 1. The smallest absolute Gasteiger partial charge is 0.343 e. The summed E-state index contributed by atoms with van der Waals surface area (Å²) in [6.45, 7) is 9.19. The molecule has 0 heterocycles. The van der Waals surface area contributed by atoms with E-state index in [0.29, 0.717) is 22.3 Å². The number of carbonyl (C=O) groups excluding carboxylic acids is 2. The molecule has 9 heteroatoms. The van der Waals surface area contributed by atoms with Crippen molar-refractivity contribution in [3.05, 3.63) is 100 Å². The van der Waals surface area contributed by atoms with Crippen molar-refractivity contribution < 1.29 is 31.7 Å². The monoisotopic (exact) mass is 553 g/mol. The van der Waals surface area contributed by atoms with Crippen LogP contribution in [0.25, 0.3) is 0 Å². The summed E-state index contributed by atoms with van der Waals surface area (Å²) >= 11 is 0. The fraction of sp³-hybridized carbons (Fsp3) is 0.333. The van der Waals surface area contributed by atoms with Gasteiger partial charge in [0.15, 0.2) is 0 Å². The first kappa shape index (κ1) is 30.0. The fourth-order valence-electron chi connectivity index (χ4n) is 3.72. The molecule has 0 bridgehead atoms. The second-order valence-electron chi connectivity index (χ2n) is 10.7. The van der Waals surface area contributed by atoms with Gasteiger partial charge in [-0.3, -0.25) is 4.18 Å². The zero-order valence-corrected chi connectivity index (χ0v) is 23.9. The third kappa shape index (κ3) is 8.48. The highest BCUT2D eigenvalue weighted by atomic mass is 32.2. The van der Waals surface area contributed by atoms with Gasteiger partial charge in [0, 0.05) is 11.6 Å². The van der Waals surface area contributed by atoms with E-state index in [4.69, 9.17) is 19.4 Å². The van der Waals surface area contributed by atoms with E-state index >= 15 is 0 Å². The van der Waals surface area contributed by atoms with Gasteiger partial charge in [0.25, 0.3) is 10.1 Å². The standard InChI is InChI=1S/C30H35NO7S/c1-19-7-11-21(12-8-19)28(32)36-18-24-17-23(26(38-39(6,34)35)27(31)30(3,4)5)15-16-25(24)37-29(33)22-13-9-20(2)10-14-22/h7-17,26-27H,18,31H2,1-6H3. The molecule has 3 rings (SSSR count). The van der Waals surface area contributed by atoms with Crippen LogP contribution >= 0.6 is 0 Å². The van der Waals surface area contributed by atoms with Crippen molar-refractivity contribution >= 4 is 22.1 Å². The van der Waals surface area contributed by atoms with Crippen molar-refractivity contribution in [1.29, 1.82) is 0 Å². The van der Waals surface area contributed by atoms with E-state index in [1.165, 1.54) is 6.07 Å². The van der Waals surface area contributed by atoms with Crippen LogP contribution in [0.15, 0.2) is 66.7 Å². The number of carbonyl (C=O) groups is 2. The van der Waals surface area contributed by atoms with Gasteiger partial charge >= 0.3 is 11.9 Å². The van der Waals surface area contributed by atoms with Crippen molar-refractivity contribution in [3.8, 4) is 5.75 Å². The molecule has 2 atom stereocenters. The maximum Gasteiger partial charge on any atom is 0.343 e. The number of rotatable bonds is 9. The lowest BCUT2D eigenvalue weighted by Gasteiger charge is -2.33. The molecule has 39 heavy (non-hydrogen) atoms. The largest absolute Gasteiger partial charge is 0.457 e. The van der Waals surface area contributed by atoms with Crippen LogP contribution in [-0.4, -0.2) is 32.7 Å². The molecule has 208 valence electrons. The Morgan fingerprint density at radius 3 is 1.85 bits per heavy atom. The molecule has 0 spiro atoms. The van der Waals surface area contributed by atoms with Gasteiger partial charge in [-0.2, -0.15) is 8.42 Å². The summed E-state index contributed by atoms with van der Waals surface area (Å²) < 4.78 is 40.8. The van der Waals surface area contributed by atoms with Gasteiger partial charge in [-0.15, -0.1) is 0 Å². The Kier molecular flexibility index (Phi) is 9.32. The van der Waals surface area contributed by atoms with Crippen LogP contribution in [0.4, 0.5) is 0 Å². The van der Waals surface area contributed by atoms with E-state index in [9.17, 15) is 18.0 Å². The molecule has 0 aliphatic carbocycles. The lowest BCUT2D eigenvalue weighted by Crippen LogP contribution is -2.42. The van der Waals surface area contributed by atoms with Crippen LogP contribution in [0.3, 0.4) is 0 Å². The summed E-state index contributed by atoms with van der Waals surface area (Å²) in [6, 6.07) is 17.8. The molecule has 0 saturated heterocycles. The third-order valence-electron chi connectivity index (χ3n) is 6.15. The zero-order chi connectivity index (χ0) is 29.0. The molecule has 0 saturated carbocycles. The lowest BCUT2D eigenvalue weighted by atomic mass is 9.81. The maximum atomic E-state index is 12.9. The van der Waals surface area contributed by atoms with E-state index < -0.39 is 39.6 Å². The van der Waals surface area contributed by atoms with Gasteiger partial charge in [0.05, 0.1) is 17.4 Å². The van der Waals surface area contributed by atoms with Crippen LogP contribution in [0, 0.1) is 19.3 Å². The molecule has 2 N–H and O–H groups in total. The number of esters is 2. The molecule has 0 radical (unpaired) electrons. The highest BCUT2D eigenvalue weighted by Crippen LogP contribution is 2.35. The van der Waals surface area contributed by atoms with E-state index in [1.807, 2.05) is 34.6 Å². The molecule has 0 aliphatic heterocycles. The van der Waals surface area contributed by atoms with Crippen LogP contribution < -0.4 is 10.5 Å². The first-order valence-electron chi connectivity index (χ1n) is 12.4. The average Bonchev–Trinajstić information content (AvgIpc) is 2.85. The SMILES string of the molecule is Cc1ccc(C(=O)OCc2cc(C(OS(C)(=O)=O)C(N)C(C)(C)C)ccc2OC(=O)c2ccc(C)cc2)cc1. The minimum absolute atomic E-state index is 0.156. The second-order valence-corrected chi connectivity index (χ2v) is 12.3. The maximum absolute atomic E-state index is 12.9. The topological polar surface area (TPSA) is 122 Å². The van der Waals surface area contributed by atoms with Gasteiger partial charge in [-0.05, 0) is 61.2 Å². The van der Waals surface area contributed by atoms with Gasteiger partial charge in [-0.1, -0.05) is 62.2 Å². The van der Waals surface area contributed by atoms with Gasteiger partial charge < -0.3 is 15.2 Å². The summed E-state index contributed by atoms with van der Waals surface area (Å²) in [5, 5.41) is 0. The molecule has 0 aromatic heterocycles. The Morgan fingerprint density at radius 2 is 1.36 bits per heavy atom. The average molecular weight is 554 g/mol. The minimum atomic E-state index is -3.87. The molecule has 3 aromatic carbocycles. The predicted octanol–water partition coefficient (Wildman–Crippen LogP) is 5.27. The summed E-state index contributed by atoms with van der Waals surface area (Å²) in [5.41, 5.74) is 9.41. The van der Waals surface area contributed by atoms with E-state index in [-0.39, 0.29) is 12.4 Å². The lowest BCUT2D eigenvalue weighted by molar-refractivity contribution is 0.0469. The first-order chi connectivity index (χ1) is 18.1. The summed E-state index contributed by atoms with van der Waals surface area (Å²) in [5.74, 6) is -1.00. The summed E-state index contributed by atoms with van der Waals surface area (Å²) in [6.07, 6.45) is -0.0782. The Morgan fingerprint density at radius 1 is 0.846 bits per heavy atom. The predicted molar refractivity (Wildman–Crippen MR) is 149 cm³/mol. The first-order valence-corrected chi connectivity index (χ1v) is 14.2. The molecule has 0 fully saturated rings. The van der Waals surface area contributed by atoms with Crippen LogP contribution in [0.1, 0.15) is 69.8 Å². The minimum Gasteiger partial charge on any atom is -0.457 e. The number of ether oxygens (including phenoxy) is 2. The van der Waals surface area contributed by atoms with Crippen molar-refractivity contribution in [2.45, 2.75) is 53.4 Å². The van der Waals surface area contributed by atoms with E-state index in [0.717, 1.165) is 17.4 Å². The van der Waals surface area contributed by atoms with Gasteiger partial charge in [-0.25, -0.2) is 9.59 Å². The molecular formula is C30H35NO7S. The second kappa shape index (κ2) is 12.1. The van der Waals surface area contributed by atoms with E-state index in [1.54, 1.807) is 60.7 Å². The van der Waals surface area contributed by atoms with Crippen LogP contribution in [0.5, 0.6) is 5.75 Å². The van der Waals surface area contributed by atoms with Crippen molar-refractivity contribution in [3.63, 3.8) is 0 Å². The Bertz CT molecular complexity index is 1420. The molecular weight excluding hydrogens is 518 g/mol. The van der Waals surface area contributed by atoms with Gasteiger partial charge in [0.2, 0.25) is 0 Å². The zero-order valence-electron chi connectivity index (χ0n) is 23.1. The quantitative estimate of drug-likeness (QED) is 0.216. The number of aryl methyl sites for hydroxylation is 2. The van der Waals surface area contributed by atoms with Crippen molar-refractivity contribution in [1.82, 2.24) is 0 Å². The Labute approximate surface area is 230 Å². The van der Waals surface area contributed by atoms with Crippen molar-refractivity contribution in [2.24, 2.45) is 11.1 Å². The van der Waals surface area contributed by atoms with Crippen LogP contribution in [-0.2, 0) is 25.6 Å². The number of benzene rings is 3. The van der Waals surface area contributed by atoms with E-state index in [2.05, 4.69) is 0 Å². The van der Waals surface area contributed by atoms with Crippen molar-refractivity contribution in [2.75, 3.05) is 6.26 Å². The van der Waals surface area contributed by atoms with Gasteiger partial charge in [0.1, 0.15) is 18.5 Å². The summed E-state index contributed by atoms with van der Waals surface area (Å²) in [7, 11) is -3.87. The molecule has 8 nitrogen and oxygen atoms in total. The Hall–Kier alpha value is -3.53. The number of nitrogens with two attached hydrogens (primary N) is 1. The fourth-order valence-corrected chi connectivity index (χ4v) is 4.33. The molecule has 0 amide bonds. The molecule has 3 aromatic rings. The Balaban J connectivity index is 1.99. The van der Waals surface area contributed by atoms with Crippen LogP contribution in [0.2, 0.25) is 0 Å². The third-order valence-corrected chi connectivity index (χ3v) is 6.71. The summed E-state index contributed by atoms with van der Waals surface area (Å²) in [4.78, 5) is 25.6. The molecule has 0 aliphatic rings. The highest BCUT2D eigenvalue weighted by Gasteiger charge is 2.34. The number of hydrogen-bond acceptors (Lipinski definition) is 8.